The number of aliphatic hydroxyl groups excluding tert-OH is 1. The maximum Gasteiger partial charge on any atom is 0.358 e. The van der Waals surface area contributed by atoms with Gasteiger partial charge in [-0.05, 0) is 12.0 Å². The van der Waals surface area contributed by atoms with Crippen molar-refractivity contribution in [2.24, 2.45) is 0 Å². The average Bonchev–Trinajstić information content (AvgIpc) is 2.39. The molecule has 0 saturated carbocycles. The van der Waals surface area contributed by atoms with Gasteiger partial charge in [-0.2, -0.15) is 0 Å². The molecule has 0 aliphatic heterocycles. The second-order valence-electron chi connectivity index (χ2n) is 3.74. The van der Waals surface area contributed by atoms with Gasteiger partial charge in [-0.15, -0.1) is 0 Å². The van der Waals surface area contributed by atoms with Crippen LogP contribution in [-0.2, 0) is 13.6 Å². The molecule has 4 nitrogen and oxygen atoms in total. The van der Waals surface area contributed by atoms with E-state index in [2.05, 4.69) is 0 Å². The van der Waals surface area contributed by atoms with Crippen molar-refractivity contribution in [1.82, 2.24) is 0 Å². The number of benzene rings is 1. The summed E-state index contributed by atoms with van der Waals surface area (Å²) in [4.78, 5) is 0. The second kappa shape index (κ2) is 6.31. The van der Waals surface area contributed by atoms with E-state index in [4.69, 9.17) is 9.05 Å². The summed E-state index contributed by atoms with van der Waals surface area (Å²) in [7, 11) is -0.889. The molecule has 0 aliphatic carbocycles. The molecule has 0 heterocycles. The van der Waals surface area contributed by atoms with E-state index >= 15 is 0 Å². The van der Waals surface area contributed by atoms with Crippen LogP contribution in [0.2, 0.25) is 0 Å². The molecule has 0 saturated heterocycles. The summed E-state index contributed by atoms with van der Waals surface area (Å²) in [6.07, 6.45) is 0.655. The van der Waals surface area contributed by atoms with E-state index in [0.29, 0.717) is 6.42 Å². The molecule has 0 amide bonds. The highest BCUT2D eigenvalue weighted by Gasteiger charge is 2.38. The normalized spacial score (nSPS) is 15.5. The van der Waals surface area contributed by atoms with Gasteiger partial charge in [0.25, 0.3) is 0 Å². The van der Waals surface area contributed by atoms with Crippen LogP contribution in [-0.4, -0.2) is 25.2 Å². The van der Waals surface area contributed by atoms with Crippen LogP contribution in [0.1, 0.15) is 24.8 Å². The third kappa shape index (κ3) is 3.17. The van der Waals surface area contributed by atoms with Gasteiger partial charge in [-0.3, -0.25) is 4.57 Å². The van der Waals surface area contributed by atoms with Crippen molar-refractivity contribution in [3.8, 4) is 0 Å². The van der Waals surface area contributed by atoms with E-state index in [1.165, 1.54) is 14.2 Å². The topological polar surface area (TPSA) is 55.8 Å². The number of hydrogen-bond acceptors (Lipinski definition) is 4. The Labute approximate surface area is 102 Å². The SMILES string of the molecule is CC[C@H](c1ccccc1)[C@H](O)P(=O)(OC)OC. The Hall–Kier alpha value is -0.670. The van der Waals surface area contributed by atoms with E-state index in [1.54, 1.807) is 0 Å². The highest BCUT2D eigenvalue weighted by Crippen LogP contribution is 2.55. The monoisotopic (exact) mass is 258 g/mol. The smallest absolute Gasteiger partial charge is 0.358 e. The first-order valence-corrected chi connectivity index (χ1v) is 7.14. The van der Waals surface area contributed by atoms with Crippen LogP contribution in [0.3, 0.4) is 0 Å². The predicted octanol–water partition coefficient (Wildman–Crippen LogP) is 2.98. The van der Waals surface area contributed by atoms with Gasteiger partial charge < -0.3 is 14.2 Å². The number of aliphatic hydroxyl groups is 1. The van der Waals surface area contributed by atoms with Gasteiger partial charge in [0, 0.05) is 20.1 Å². The van der Waals surface area contributed by atoms with Gasteiger partial charge >= 0.3 is 7.60 Å². The molecule has 0 spiro atoms. The lowest BCUT2D eigenvalue weighted by molar-refractivity contribution is 0.152. The lowest BCUT2D eigenvalue weighted by Crippen LogP contribution is -2.20. The first kappa shape index (κ1) is 14.4. The maximum atomic E-state index is 12.1. The molecule has 5 heteroatoms. The minimum atomic E-state index is -3.45. The van der Waals surface area contributed by atoms with Crippen LogP contribution in [0.15, 0.2) is 30.3 Å². The van der Waals surface area contributed by atoms with Gasteiger partial charge in [-0.1, -0.05) is 37.3 Å². The van der Waals surface area contributed by atoms with Gasteiger partial charge in [0.2, 0.25) is 0 Å². The van der Waals surface area contributed by atoms with Crippen LogP contribution in [0.25, 0.3) is 0 Å². The van der Waals surface area contributed by atoms with Crippen molar-refractivity contribution in [1.29, 1.82) is 0 Å². The molecule has 2 atom stereocenters. The largest absolute Gasteiger partial charge is 0.380 e. The Balaban J connectivity index is 3.00. The highest BCUT2D eigenvalue weighted by molar-refractivity contribution is 7.54. The van der Waals surface area contributed by atoms with Crippen LogP contribution in [0.4, 0.5) is 0 Å². The molecule has 0 bridgehead atoms. The van der Waals surface area contributed by atoms with E-state index in [1.807, 2.05) is 37.3 Å². The molecule has 1 aromatic rings. The molecule has 1 rings (SSSR count). The van der Waals surface area contributed by atoms with E-state index in [0.717, 1.165) is 5.56 Å². The Kier molecular flexibility index (Phi) is 5.34. The van der Waals surface area contributed by atoms with Crippen molar-refractivity contribution in [3.05, 3.63) is 35.9 Å². The number of rotatable bonds is 6. The third-order valence-corrected chi connectivity index (χ3v) is 4.89. The van der Waals surface area contributed by atoms with E-state index in [-0.39, 0.29) is 5.92 Å². The van der Waals surface area contributed by atoms with E-state index < -0.39 is 13.4 Å². The van der Waals surface area contributed by atoms with Gasteiger partial charge in [0.15, 0.2) is 5.85 Å². The molecule has 0 fully saturated rings. The van der Waals surface area contributed by atoms with Crippen molar-refractivity contribution in [3.63, 3.8) is 0 Å². The minimum Gasteiger partial charge on any atom is -0.380 e. The van der Waals surface area contributed by atoms with E-state index in [9.17, 15) is 9.67 Å². The van der Waals surface area contributed by atoms with Crippen LogP contribution < -0.4 is 0 Å². The van der Waals surface area contributed by atoms with Gasteiger partial charge in [0.05, 0.1) is 0 Å². The molecule has 1 aromatic carbocycles. The first-order valence-electron chi connectivity index (χ1n) is 5.53. The Morgan fingerprint density at radius 1 is 1.24 bits per heavy atom. The fourth-order valence-electron chi connectivity index (χ4n) is 1.83. The van der Waals surface area contributed by atoms with Crippen LogP contribution in [0, 0.1) is 0 Å². The van der Waals surface area contributed by atoms with Gasteiger partial charge in [0.1, 0.15) is 0 Å². The average molecular weight is 258 g/mol. The summed E-state index contributed by atoms with van der Waals surface area (Å²) >= 11 is 0. The van der Waals surface area contributed by atoms with Crippen molar-refractivity contribution in [2.45, 2.75) is 25.1 Å². The number of hydrogen-bond donors (Lipinski definition) is 1. The summed E-state index contributed by atoms with van der Waals surface area (Å²) in [5, 5.41) is 10.2. The summed E-state index contributed by atoms with van der Waals surface area (Å²) in [5.74, 6) is -1.41. The molecule has 96 valence electrons. The summed E-state index contributed by atoms with van der Waals surface area (Å²) in [6, 6.07) is 9.46. The fourth-order valence-corrected chi connectivity index (χ4v) is 3.23. The summed E-state index contributed by atoms with van der Waals surface area (Å²) in [6.45, 7) is 1.93. The lowest BCUT2D eigenvalue weighted by atomic mass is 9.97. The zero-order valence-corrected chi connectivity index (χ0v) is 11.3. The van der Waals surface area contributed by atoms with Crippen LogP contribution in [0.5, 0.6) is 0 Å². The summed E-state index contributed by atoms with van der Waals surface area (Å²) < 4.78 is 21.8. The molecule has 1 N–H and O–H groups in total. The lowest BCUT2D eigenvalue weighted by Gasteiger charge is -2.26. The molecule has 0 unspecified atom stereocenters. The van der Waals surface area contributed by atoms with Crippen LogP contribution >= 0.6 is 7.60 Å². The minimum absolute atomic E-state index is 0.262. The zero-order chi connectivity index (χ0) is 12.9. The molecule has 0 radical (unpaired) electrons. The molecular weight excluding hydrogens is 239 g/mol. The Morgan fingerprint density at radius 2 is 1.76 bits per heavy atom. The molecule has 0 aliphatic rings. The Bertz CT molecular complexity index is 371. The summed E-state index contributed by atoms with van der Waals surface area (Å²) in [5.41, 5.74) is 0.928. The van der Waals surface area contributed by atoms with Crippen molar-refractivity contribution in [2.75, 3.05) is 14.2 Å². The quantitative estimate of drug-likeness (QED) is 0.797. The zero-order valence-electron chi connectivity index (χ0n) is 10.4. The molecule has 0 aromatic heterocycles. The van der Waals surface area contributed by atoms with Gasteiger partial charge in [-0.25, -0.2) is 0 Å². The second-order valence-corrected chi connectivity index (χ2v) is 6.08. The Morgan fingerprint density at radius 3 is 2.18 bits per heavy atom. The van der Waals surface area contributed by atoms with Crippen molar-refractivity contribution < 1.29 is 18.7 Å². The predicted molar refractivity (Wildman–Crippen MR) is 67.1 cm³/mol. The third-order valence-electron chi connectivity index (χ3n) is 2.86. The van der Waals surface area contributed by atoms with Crippen molar-refractivity contribution >= 4 is 7.60 Å². The molecule has 17 heavy (non-hydrogen) atoms. The molecular formula is C12H19O4P. The first-order chi connectivity index (χ1) is 8.09. The highest BCUT2D eigenvalue weighted by atomic mass is 31.2. The standard InChI is InChI=1S/C12H19O4P/c1-4-11(10-8-6-5-7-9-10)12(13)17(14,15-2)16-3/h5-9,11-13H,4H2,1-3H3/t11-,12-/m1/s1. The fraction of sp³-hybridized carbons (Fsp3) is 0.500. The maximum absolute atomic E-state index is 12.1.